The van der Waals surface area contributed by atoms with E-state index in [0.29, 0.717) is 5.96 Å². The van der Waals surface area contributed by atoms with E-state index in [1.54, 1.807) is 0 Å². The van der Waals surface area contributed by atoms with Crippen LogP contribution >= 0.6 is 0 Å². The predicted octanol–water partition coefficient (Wildman–Crippen LogP) is 4.96. The average molecular weight is 321 g/mol. The molecule has 0 saturated carbocycles. The van der Waals surface area contributed by atoms with Gasteiger partial charge in [0.2, 0.25) is 5.96 Å². The number of nitrogens with one attached hydrogen (secondary N) is 1. The maximum Gasteiger partial charge on any atom is 0.203 e. The fourth-order valence-electron chi connectivity index (χ4n) is 3.92. The van der Waals surface area contributed by atoms with Crippen molar-refractivity contribution in [3.8, 4) is 0 Å². The first-order valence-corrected chi connectivity index (χ1v) is 8.64. The molecule has 1 fully saturated rings. The Labute approximate surface area is 145 Å². The molecule has 0 bridgehead atoms. The summed E-state index contributed by atoms with van der Waals surface area (Å²) in [4.78, 5) is 4.39. The summed E-state index contributed by atoms with van der Waals surface area (Å²) in [7, 11) is 0. The molecule has 3 rings (SSSR count). The molecule has 2 aromatic carbocycles. The quantitative estimate of drug-likeness (QED) is 0.847. The van der Waals surface area contributed by atoms with Gasteiger partial charge in [-0.15, -0.1) is 0 Å². The molecular formula is C21H27N3. The highest BCUT2D eigenvalue weighted by atomic mass is 15.5. The van der Waals surface area contributed by atoms with E-state index >= 15 is 0 Å². The molecule has 1 heterocycles. The predicted molar refractivity (Wildman–Crippen MR) is 103 cm³/mol. The summed E-state index contributed by atoms with van der Waals surface area (Å²) in [5, 5.41) is 8.94. The topological polar surface area (TPSA) is 30.3 Å². The number of para-hydroxylation sites is 2. The van der Waals surface area contributed by atoms with Crippen LogP contribution in [0, 0.1) is 33.1 Å². The standard InChI is InChI=1S/C21H27N3/c1-13-9-7-10-14(2)19(13)23-17(5)18(6)24(21(23)22)20-15(3)11-8-12-16(20)4/h7-12,17-18,22H,1-6H3/t17-,18-/m1/s1. The number of guanidine groups is 1. The van der Waals surface area contributed by atoms with Crippen LogP contribution in [0.1, 0.15) is 36.1 Å². The molecule has 126 valence electrons. The summed E-state index contributed by atoms with van der Waals surface area (Å²) in [6, 6.07) is 13.2. The van der Waals surface area contributed by atoms with Crippen LogP contribution in [-0.2, 0) is 0 Å². The Balaban J connectivity index is 2.13. The zero-order valence-electron chi connectivity index (χ0n) is 15.5. The van der Waals surface area contributed by atoms with Gasteiger partial charge in [-0.05, 0) is 63.8 Å². The molecular weight excluding hydrogens is 294 g/mol. The molecule has 1 N–H and O–H groups in total. The molecule has 0 unspecified atom stereocenters. The van der Waals surface area contributed by atoms with Crippen LogP contribution in [0.3, 0.4) is 0 Å². The molecule has 0 aromatic heterocycles. The minimum absolute atomic E-state index is 0.247. The molecule has 0 spiro atoms. The van der Waals surface area contributed by atoms with E-state index in [2.05, 4.69) is 87.7 Å². The van der Waals surface area contributed by atoms with E-state index in [4.69, 9.17) is 5.41 Å². The van der Waals surface area contributed by atoms with Crippen LogP contribution in [0.15, 0.2) is 36.4 Å². The molecule has 1 saturated heterocycles. The fraction of sp³-hybridized carbons (Fsp3) is 0.381. The van der Waals surface area contributed by atoms with Crippen molar-refractivity contribution in [1.29, 1.82) is 5.41 Å². The third kappa shape index (κ3) is 2.39. The van der Waals surface area contributed by atoms with Gasteiger partial charge < -0.3 is 9.80 Å². The molecule has 1 aliphatic rings. The summed E-state index contributed by atoms with van der Waals surface area (Å²) in [5.41, 5.74) is 7.25. The second-order valence-electron chi connectivity index (χ2n) is 7.03. The SMILES string of the molecule is Cc1cccc(C)c1N1C(=N)N(c2c(C)cccc2C)[C@H](C)[C@H]1C. The number of benzene rings is 2. The first-order valence-electron chi connectivity index (χ1n) is 8.64. The highest BCUT2D eigenvalue weighted by molar-refractivity contribution is 6.10. The minimum Gasteiger partial charge on any atom is -0.307 e. The zero-order valence-corrected chi connectivity index (χ0v) is 15.5. The highest BCUT2D eigenvalue weighted by Gasteiger charge is 2.41. The second kappa shape index (κ2) is 5.97. The molecule has 2 aromatic rings. The Bertz CT molecular complexity index is 688. The van der Waals surface area contributed by atoms with E-state index in [1.165, 1.54) is 33.6 Å². The largest absolute Gasteiger partial charge is 0.307 e. The van der Waals surface area contributed by atoms with Gasteiger partial charge in [0.25, 0.3) is 0 Å². The van der Waals surface area contributed by atoms with Gasteiger partial charge in [0.1, 0.15) is 0 Å². The van der Waals surface area contributed by atoms with Gasteiger partial charge in [0, 0.05) is 11.4 Å². The number of rotatable bonds is 2. The van der Waals surface area contributed by atoms with Crippen molar-refractivity contribution < 1.29 is 0 Å². The summed E-state index contributed by atoms with van der Waals surface area (Å²) >= 11 is 0. The van der Waals surface area contributed by atoms with Gasteiger partial charge in [0.15, 0.2) is 0 Å². The van der Waals surface area contributed by atoms with E-state index in [1.807, 2.05) is 0 Å². The molecule has 2 atom stereocenters. The van der Waals surface area contributed by atoms with Gasteiger partial charge in [-0.25, -0.2) is 0 Å². The summed E-state index contributed by atoms with van der Waals surface area (Å²) in [5.74, 6) is 0.574. The van der Waals surface area contributed by atoms with Crippen molar-refractivity contribution in [2.75, 3.05) is 9.80 Å². The monoisotopic (exact) mass is 321 g/mol. The first kappa shape index (κ1) is 16.6. The second-order valence-corrected chi connectivity index (χ2v) is 7.03. The van der Waals surface area contributed by atoms with Crippen molar-refractivity contribution in [3.63, 3.8) is 0 Å². The van der Waals surface area contributed by atoms with Gasteiger partial charge in [-0.3, -0.25) is 5.41 Å². The van der Waals surface area contributed by atoms with Crippen LogP contribution in [-0.4, -0.2) is 18.0 Å². The average Bonchev–Trinajstić information content (AvgIpc) is 2.72. The molecule has 0 radical (unpaired) electrons. The third-order valence-electron chi connectivity index (χ3n) is 5.33. The zero-order chi connectivity index (χ0) is 17.6. The Morgan fingerprint density at radius 3 is 1.25 bits per heavy atom. The van der Waals surface area contributed by atoms with Gasteiger partial charge in [0.05, 0.1) is 12.1 Å². The minimum atomic E-state index is 0.247. The fourth-order valence-corrected chi connectivity index (χ4v) is 3.92. The lowest BCUT2D eigenvalue weighted by Crippen LogP contribution is -2.36. The lowest BCUT2D eigenvalue weighted by molar-refractivity contribution is 0.644. The Morgan fingerprint density at radius 1 is 0.667 bits per heavy atom. The lowest BCUT2D eigenvalue weighted by Gasteiger charge is -2.28. The van der Waals surface area contributed by atoms with E-state index < -0.39 is 0 Å². The van der Waals surface area contributed by atoms with Crippen molar-refractivity contribution in [2.45, 2.75) is 53.6 Å². The van der Waals surface area contributed by atoms with E-state index in [0.717, 1.165) is 0 Å². The van der Waals surface area contributed by atoms with E-state index in [-0.39, 0.29) is 12.1 Å². The third-order valence-corrected chi connectivity index (χ3v) is 5.33. The number of hydrogen-bond acceptors (Lipinski definition) is 1. The summed E-state index contributed by atoms with van der Waals surface area (Å²) in [6.45, 7) is 13.0. The number of hydrogen-bond donors (Lipinski definition) is 1. The molecule has 0 amide bonds. The van der Waals surface area contributed by atoms with Crippen LogP contribution in [0.2, 0.25) is 0 Å². The van der Waals surface area contributed by atoms with Crippen molar-refractivity contribution in [3.05, 3.63) is 58.7 Å². The molecule has 3 heteroatoms. The Morgan fingerprint density at radius 2 is 0.958 bits per heavy atom. The first-order chi connectivity index (χ1) is 11.3. The van der Waals surface area contributed by atoms with Crippen LogP contribution < -0.4 is 9.80 Å². The Kier molecular flexibility index (Phi) is 4.12. The van der Waals surface area contributed by atoms with Crippen LogP contribution in [0.5, 0.6) is 0 Å². The molecule has 3 nitrogen and oxygen atoms in total. The normalized spacial score (nSPS) is 20.8. The van der Waals surface area contributed by atoms with Crippen LogP contribution in [0.25, 0.3) is 0 Å². The van der Waals surface area contributed by atoms with Gasteiger partial charge in [-0.1, -0.05) is 36.4 Å². The Hall–Kier alpha value is -2.29. The molecule has 24 heavy (non-hydrogen) atoms. The summed E-state index contributed by atoms with van der Waals surface area (Å²) in [6.07, 6.45) is 0. The summed E-state index contributed by atoms with van der Waals surface area (Å²) < 4.78 is 0. The highest BCUT2D eigenvalue weighted by Crippen LogP contribution is 2.38. The van der Waals surface area contributed by atoms with Crippen molar-refractivity contribution in [1.82, 2.24) is 0 Å². The van der Waals surface area contributed by atoms with Crippen LogP contribution in [0.4, 0.5) is 11.4 Å². The molecule has 0 aliphatic carbocycles. The molecule has 1 aliphatic heterocycles. The maximum atomic E-state index is 8.94. The maximum absolute atomic E-state index is 8.94. The van der Waals surface area contributed by atoms with Gasteiger partial charge >= 0.3 is 0 Å². The van der Waals surface area contributed by atoms with Crippen molar-refractivity contribution in [2.24, 2.45) is 0 Å². The number of anilines is 2. The van der Waals surface area contributed by atoms with Gasteiger partial charge in [-0.2, -0.15) is 0 Å². The number of aryl methyl sites for hydroxylation is 4. The van der Waals surface area contributed by atoms with E-state index in [9.17, 15) is 0 Å². The van der Waals surface area contributed by atoms with Crippen molar-refractivity contribution >= 4 is 17.3 Å². The lowest BCUT2D eigenvalue weighted by atomic mass is 10.0. The smallest absolute Gasteiger partial charge is 0.203 e. The number of nitrogens with zero attached hydrogens (tertiary/aromatic N) is 2.